The van der Waals surface area contributed by atoms with Gasteiger partial charge in [0.05, 0.1) is 35.9 Å². The molecule has 0 aromatic carbocycles. The van der Waals surface area contributed by atoms with Gasteiger partial charge in [-0.15, -0.1) is 0 Å². The molecule has 1 saturated heterocycles. The van der Waals surface area contributed by atoms with Crippen LogP contribution in [0.2, 0.25) is 0 Å². The van der Waals surface area contributed by atoms with Crippen molar-refractivity contribution in [1.82, 2.24) is 29.5 Å². The van der Waals surface area contributed by atoms with E-state index in [0.29, 0.717) is 18.0 Å². The van der Waals surface area contributed by atoms with Gasteiger partial charge in [0.1, 0.15) is 11.5 Å². The van der Waals surface area contributed by atoms with Crippen LogP contribution in [0.4, 0.5) is 5.82 Å². The monoisotopic (exact) mass is 443 g/mol. The Hall–Kier alpha value is -3.23. The normalized spacial score (nSPS) is 17.8. The number of aromatic nitrogens is 5. The third-order valence-corrected chi connectivity index (χ3v) is 6.74. The molecule has 0 unspecified atom stereocenters. The van der Waals surface area contributed by atoms with Gasteiger partial charge in [0, 0.05) is 42.7 Å². The molecule has 1 spiro atoms. The second-order valence-corrected chi connectivity index (χ2v) is 10.3. The van der Waals surface area contributed by atoms with Crippen LogP contribution in [-0.4, -0.2) is 54.0 Å². The van der Waals surface area contributed by atoms with Crippen LogP contribution in [0.1, 0.15) is 26.7 Å². The van der Waals surface area contributed by atoms with Gasteiger partial charge in [0.2, 0.25) is 0 Å². The van der Waals surface area contributed by atoms with Crippen LogP contribution in [0, 0.1) is 5.41 Å². The maximum Gasteiger partial charge on any atom is 0.137 e. The summed E-state index contributed by atoms with van der Waals surface area (Å²) in [5, 5.41) is 21.5. The molecule has 1 aliphatic heterocycles. The molecule has 1 aliphatic carbocycles. The lowest BCUT2D eigenvalue weighted by Gasteiger charge is -2.54. The van der Waals surface area contributed by atoms with E-state index in [0.717, 1.165) is 47.1 Å². The number of hydrogen-bond donors (Lipinski definition) is 3. The van der Waals surface area contributed by atoms with Crippen molar-refractivity contribution in [1.29, 1.82) is 0 Å². The fourth-order valence-electron chi connectivity index (χ4n) is 5.06. The van der Waals surface area contributed by atoms with Gasteiger partial charge in [-0.25, -0.2) is 9.97 Å². The van der Waals surface area contributed by atoms with Gasteiger partial charge in [0.25, 0.3) is 0 Å². The van der Waals surface area contributed by atoms with Gasteiger partial charge in [-0.2, -0.15) is 5.10 Å². The Balaban J connectivity index is 1.26. The molecule has 4 aromatic rings. The molecule has 1 saturated carbocycles. The van der Waals surface area contributed by atoms with Crippen molar-refractivity contribution in [3.8, 4) is 22.5 Å². The van der Waals surface area contributed by atoms with Gasteiger partial charge in [-0.1, -0.05) is 6.07 Å². The summed E-state index contributed by atoms with van der Waals surface area (Å²) in [6.07, 6.45) is 10.2. The number of nitrogens with one attached hydrogen (secondary N) is 2. The Morgan fingerprint density at radius 1 is 1.12 bits per heavy atom. The van der Waals surface area contributed by atoms with E-state index in [1.165, 1.54) is 12.8 Å². The first-order valence-corrected chi connectivity index (χ1v) is 11.5. The Kier molecular flexibility index (Phi) is 4.57. The Morgan fingerprint density at radius 2 is 1.97 bits per heavy atom. The quantitative estimate of drug-likeness (QED) is 0.424. The van der Waals surface area contributed by atoms with Crippen molar-refractivity contribution >= 4 is 11.5 Å². The van der Waals surface area contributed by atoms with Crippen molar-refractivity contribution in [2.24, 2.45) is 5.41 Å². The summed E-state index contributed by atoms with van der Waals surface area (Å²) in [6, 6.07) is 10.7. The Bertz CT molecular complexity index is 1300. The number of imidazole rings is 1. The zero-order valence-corrected chi connectivity index (χ0v) is 19.0. The highest BCUT2D eigenvalue weighted by molar-refractivity contribution is 5.67. The minimum absolute atomic E-state index is 0.438. The predicted molar refractivity (Wildman–Crippen MR) is 128 cm³/mol. The zero-order valence-electron chi connectivity index (χ0n) is 19.0. The molecule has 5 heterocycles. The van der Waals surface area contributed by atoms with Crippen LogP contribution in [0.3, 0.4) is 0 Å². The fourth-order valence-corrected chi connectivity index (χ4v) is 5.06. The van der Waals surface area contributed by atoms with Gasteiger partial charge < -0.3 is 15.7 Å². The summed E-state index contributed by atoms with van der Waals surface area (Å²) >= 11 is 0. The third kappa shape index (κ3) is 3.89. The van der Waals surface area contributed by atoms with Gasteiger partial charge in [0.15, 0.2) is 0 Å². The number of rotatable bonds is 6. The summed E-state index contributed by atoms with van der Waals surface area (Å²) in [6.45, 7) is 6.30. The highest BCUT2D eigenvalue weighted by Crippen LogP contribution is 2.45. The molecule has 0 radical (unpaired) electrons. The Labute approximate surface area is 192 Å². The highest BCUT2D eigenvalue weighted by atomic mass is 16.3. The van der Waals surface area contributed by atoms with Crippen molar-refractivity contribution in [2.45, 2.75) is 44.9 Å². The summed E-state index contributed by atoms with van der Waals surface area (Å²) in [7, 11) is 0. The topological polar surface area (TPSA) is 92.3 Å². The number of nitrogens with zero attached hydrogens (tertiary/aromatic N) is 5. The number of anilines is 1. The van der Waals surface area contributed by atoms with Crippen molar-refractivity contribution < 1.29 is 5.11 Å². The van der Waals surface area contributed by atoms with E-state index < -0.39 is 5.60 Å². The first-order valence-electron chi connectivity index (χ1n) is 11.5. The van der Waals surface area contributed by atoms with E-state index >= 15 is 0 Å². The number of hydrogen-bond acceptors (Lipinski definition) is 6. The molecule has 4 aromatic heterocycles. The molecule has 3 N–H and O–H groups in total. The van der Waals surface area contributed by atoms with Crippen molar-refractivity contribution in [3.63, 3.8) is 0 Å². The number of aliphatic hydroxyl groups is 1. The first-order chi connectivity index (χ1) is 15.9. The Morgan fingerprint density at radius 3 is 2.73 bits per heavy atom. The van der Waals surface area contributed by atoms with Gasteiger partial charge in [-0.3, -0.25) is 9.08 Å². The van der Waals surface area contributed by atoms with Gasteiger partial charge in [-0.05, 0) is 56.4 Å². The van der Waals surface area contributed by atoms with Crippen LogP contribution >= 0.6 is 0 Å². The van der Waals surface area contributed by atoms with E-state index in [9.17, 15) is 5.11 Å². The predicted octanol–water partition coefficient (Wildman–Crippen LogP) is 3.19. The molecule has 8 nitrogen and oxygen atoms in total. The molecule has 0 amide bonds. The lowest BCUT2D eigenvalue weighted by molar-refractivity contribution is 0.0469. The summed E-state index contributed by atoms with van der Waals surface area (Å²) in [5.74, 6) is 0.915. The minimum atomic E-state index is -0.815. The van der Waals surface area contributed by atoms with E-state index in [4.69, 9.17) is 4.98 Å². The molecule has 2 fully saturated rings. The molecule has 0 bridgehead atoms. The maximum absolute atomic E-state index is 10.1. The number of fused-ring (bicyclic) bond motifs is 1. The molecule has 0 atom stereocenters. The average Bonchev–Trinajstić information content (AvgIpc) is 3.34. The highest BCUT2D eigenvalue weighted by Gasteiger charge is 2.48. The largest absolute Gasteiger partial charge is 0.389 e. The van der Waals surface area contributed by atoms with Gasteiger partial charge >= 0.3 is 0 Å². The molecule has 2 aliphatic rings. The van der Waals surface area contributed by atoms with E-state index in [2.05, 4.69) is 31.3 Å². The zero-order chi connectivity index (χ0) is 22.6. The summed E-state index contributed by atoms with van der Waals surface area (Å²) < 4.78 is 3.85. The lowest BCUT2D eigenvalue weighted by atomic mass is 9.62. The van der Waals surface area contributed by atoms with Crippen molar-refractivity contribution in [2.75, 3.05) is 18.4 Å². The standard InChI is InChI=1S/C25H29N7O/c1-24(2,33)16-31-12-18(10-28-31)17-6-7-23-27-11-21(32(23)13-17)20-4-3-5-22(30-20)29-19-8-25(9-19)14-26-15-25/h3-7,10-13,19,26,33H,8-9,14-16H2,1-2H3,(H,29,30). The molecular formula is C25H29N7O. The number of pyridine rings is 2. The smallest absolute Gasteiger partial charge is 0.137 e. The van der Waals surface area contributed by atoms with Crippen LogP contribution in [0.15, 0.2) is 55.1 Å². The SMILES string of the molecule is CC(C)(O)Cn1cc(-c2ccc3ncc(-c4cccc(NC5CC6(CNC6)C5)n4)n3c2)cn1. The molecule has 6 rings (SSSR count). The molecular weight excluding hydrogens is 414 g/mol. The van der Waals surface area contributed by atoms with Crippen LogP contribution < -0.4 is 10.6 Å². The average molecular weight is 444 g/mol. The molecule has 8 heteroatoms. The third-order valence-electron chi connectivity index (χ3n) is 6.74. The summed E-state index contributed by atoms with van der Waals surface area (Å²) in [4.78, 5) is 9.47. The second-order valence-electron chi connectivity index (χ2n) is 10.3. The summed E-state index contributed by atoms with van der Waals surface area (Å²) in [5.41, 5.74) is 4.46. The maximum atomic E-state index is 10.1. The van der Waals surface area contributed by atoms with E-state index in [1.807, 2.05) is 48.9 Å². The first kappa shape index (κ1) is 20.4. The molecule has 170 valence electrons. The minimum Gasteiger partial charge on any atom is -0.389 e. The fraction of sp³-hybridized carbons (Fsp3) is 0.400. The van der Waals surface area contributed by atoms with E-state index in [-0.39, 0.29) is 0 Å². The van der Waals surface area contributed by atoms with Crippen molar-refractivity contribution in [3.05, 3.63) is 55.1 Å². The van der Waals surface area contributed by atoms with Crippen LogP contribution in [0.5, 0.6) is 0 Å². The van der Waals surface area contributed by atoms with E-state index in [1.54, 1.807) is 18.5 Å². The lowest BCUT2D eigenvalue weighted by Crippen LogP contribution is -2.63. The van der Waals surface area contributed by atoms with Crippen LogP contribution in [-0.2, 0) is 6.54 Å². The molecule has 33 heavy (non-hydrogen) atoms. The second kappa shape index (κ2) is 7.40. The van der Waals surface area contributed by atoms with Crippen LogP contribution in [0.25, 0.3) is 28.2 Å².